The summed E-state index contributed by atoms with van der Waals surface area (Å²) in [6, 6.07) is 21.4. The monoisotopic (exact) mass is 334 g/mol. The van der Waals surface area contributed by atoms with Crippen LogP contribution in [-0.2, 0) is 11.2 Å². The van der Waals surface area contributed by atoms with Crippen LogP contribution >= 0.6 is 0 Å². The molecule has 25 heavy (non-hydrogen) atoms. The lowest BCUT2D eigenvalue weighted by Crippen LogP contribution is -2.42. The van der Waals surface area contributed by atoms with Crippen molar-refractivity contribution in [2.24, 2.45) is 5.92 Å². The van der Waals surface area contributed by atoms with E-state index in [0.717, 1.165) is 38.9 Å². The van der Waals surface area contributed by atoms with Crippen LogP contribution in [0.5, 0.6) is 0 Å². The molecule has 2 saturated heterocycles. The second-order valence-electron chi connectivity index (χ2n) is 7.30. The topological polar surface area (TPSA) is 32.3 Å². The van der Waals surface area contributed by atoms with E-state index in [4.69, 9.17) is 0 Å². The number of carbonyl (C=O) groups excluding carboxylic acids is 1. The van der Waals surface area contributed by atoms with E-state index in [1.54, 1.807) is 0 Å². The van der Waals surface area contributed by atoms with Crippen LogP contribution in [0.2, 0.25) is 0 Å². The Morgan fingerprint density at radius 3 is 2.48 bits per heavy atom. The van der Waals surface area contributed by atoms with Gasteiger partial charge in [-0.25, -0.2) is 0 Å². The lowest BCUT2D eigenvalue weighted by atomic mass is 9.87. The van der Waals surface area contributed by atoms with Crippen molar-refractivity contribution in [2.45, 2.75) is 31.2 Å². The van der Waals surface area contributed by atoms with Crippen LogP contribution in [0, 0.1) is 5.92 Å². The summed E-state index contributed by atoms with van der Waals surface area (Å²) in [5.74, 6) is 0.711. The largest absolute Gasteiger partial charge is 0.339 e. The summed E-state index contributed by atoms with van der Waals surface area (Å²) in [5, 5.41) is 3.44. The van der Waals surface area contributed by atoms with E-state index >= 15 is 0 Å². The second-order valence-corrected chi connectivity index (χ2v) is 7.30. The van der Waals surface area contributed by atoms with Crippen molar-refractivity contribution >= 4 is 5.91 Å². The van der Waals surface area contributed by atoms with Crippen LogP contribution in [0.1, 0.15) is 29.9 Å². The smallest absolute Gasteiger partial charge is 0.227 e. The van der Waals surface area contributed by atoms with Gasteiger partial charge in [0.1, 0.15) is 0 Å². The molecule has 2 aliphatic heterocycles. The van der Waals surface area contributed by atoms with Gasteiger partial charge in [-0.3, -0.25) is 4.79 Å². The standard InChI is InChI=1S/C22H26N2O/c25-22(21-16-23-15-20(21)18-10-5-2-6-11-18)24-13-7-12-19(24)14-17-8-3-1-4-9-17/h1-6,8-11,19-21,23H,7,12-16H2/t19-,20-,21+/m0/s1. The van der Waals surface area contributed by atoms with E-state index in [-0.39, 0.29) is 5.92 Å². The number of hydrogen-bond acceptors (Lipinski definition) is 2. The average Bonchev–Trinajstić information content (AvgIpc) is 3.32. The van der Waals surface area contributed by atoms with Crippen LogP contribution < -0.4 is 5.32 Å². The maximum Gasteiger partial charge on any atom is 0.227 e. The Bertz CT molecular complexity index is 700. The van der Waals surface area contributed by atoms with Gasteiger partial charge < -0.3 is 10.2 Å². The SMILES string of the molecule is O=C([C@@H]1CNC[C@H]1c1ccccc1)N1CCC[C@H]1Cc1ccccc1. The molecular formula is C22H26N2O. The zero-order valence-electron chi connectivity index (χ0n) is 14.6. The first-order chi connectivity index (χ1) is 12.3. The first kappa shape index (κ1) is 16.3. The summed E-state index contributed by atoms with van der Waals surface area (Å²) in [5.41, 5.74) is 2.61. The van der Waals surface area contributed by atoms with Crippen molar-refractivity contribution in [3.63, 3.8) is 0 Å². The van der Waals surface area contributed by atoms with Gasteiger partial charge in [-0.1, -0.05) is 60.7 Å². The Morgan fingerprint density at radius 1 is 1.00 bits per heavy atom. The van der Waals surface area contributed by atoms with Crippen LogP contribution in [0.15, 0.2) is 60.7 Å². The molecular weight excluding hydrogens is 308 g/mol. The average molecular weight is 334 g/mol. The summed E-state index contributed by atoms with van der Waals surface area (Å²) in [6.07, 6.45) is 3.22. The molecule has 0 saturated carbocycles. The van der Waals surface area contributed by atoms with E-state index < -0.39 is 0 Å². The Balaban J connectivity index is 1.49. The molecule has 2 aromatic rings. The lowest BCUT2D eigenvalue weighted by molar-refractivity contribution is -0.136. The van der Waals surface area contributed by atoms with Crippen molar-refractivity contribution in [2.75, 3.05) is 19.6 Å². The van der Waals surface area contributed by atoms with Gasteiger partial charge in [0.25, 0.3) is 0 Å². The maximum absolute atomic E-state index is 13.3. The van der Waals surface area contributed by atoms with Crippen LogP contribution in [0.25, 0.3) is 0 Å². The quantitative estimate of drug-likeness (QED) is 0.931. The fraction of sp³-hybridized carbons (Fsp3) is 0.409. The lowest BCUT2D eigenvalue weighted by Gasteiger charge is -2.29. The Labute approximate surface area is 150 Å². The van der Waals surface area contributed by atoms with E-state index in [1.807, 2.05) is 6.07 Å². The molecule has 0 radical (unpaired) electrons. The molecule has 3 atom stereocenters. The summed E-state index contributed by atoms with van der Waals surface area (Å²) >= 11 is 0. The molecule has 0 bridgehead atoms. The van der Waals surface area contributed by atoms with Gasteiger partial charge in [0.15, 0.2) is 0 Å². The molecule has 0 aliphatic carbocycles. The van der Waals surface area contributed by atoms with Crippen molar-refractivity contribution in [3.05, 3.63) is 71.8 Å². The molecule has 2 fully saturated rings. The maximum atomic E-state index is 13.3. The summed E-state index contributed by atoms with van der Waals surface area (Å²) in [4.78, 5) is 15.5. The normalized spacial score (nSPS) is 26.1. The number of rotatable bonds is 4. The van der Waals surface area contributed by atoms with Crippen molar-refractivity contribution in [1.29, 1.82) is 0 Å². The number of carbonyl (C=O) groups is 1. The highest BCUT2D eigenvalue weighted by Gasteiger charge is 2.39. The first-order valence-corrected chi connectivity index (χ1v) is 9.43. The Kier molecular flexibility index (Phi) is 4.84. The summed E-state index contributed by atoms with van der Waals surface area (Å²) in [6.45, 7) is 2.61. The van der Waals surface area contributed by atoms with Crippen molar-refractivity contribution in [1.82, 2.24) is 10.2 Å². The molecule has 130 valence electrons. The molecule has 3 heteroatoms. The molecule has 4 rings (SSSR count). The van der Waals surface area contributed by atoms with E-state index in [9.17, 15) is 4.79 Å². The molecule has 2 heterocycles. The molecule has 0 aromatic heterocycles. The Morgan fingerprint density at radius 2 is 1.72 bits per heavy atom. The Hall–Kier alpha value is -2.13. The first-order valence-electron chi connectivity index (χ1n) is 9.43. The molecule has 1 amide bonds. The highest BCUT2D eigenvalue weighted by atomic mass is 16.2. The predicted molar refractivity (Wildman–Crippen MR) is 100 cm³/mol. The van der Waals surface area contributed by atoms with E-state index in [1.165, 1.54) is 11.1 Å². The number of hydrogen-bond donors (Lipinski definition) is 1. The number of benzene rings is 2. The minimum Gasteiger partial charge on any atom is -0.339 e. The van der Waals surface area contributed by atoms with Gasteiger partial charge in [0.05, 0.1) is 5.92 Å². The third-order valence-corrected chi connectivity index (χ3v) is 5.73. The number of amides is 1. The second kappa shape index (κ2) is 7.40. The zero-order chi connectivity index (χ0) is 17.1. The highest BCUT2D eigenvalue weighted by Crippen LogP contribution is 2.32. The highest BCUT2D eigenvalue weighted by molar-refractivity contribution is 5.81. The van der Waals surface area contributed by atoms with Gasteiger partial charge in [-0.2, -0.15) is 0 Å². The molecule has 3 nitrogen and oxygen atoms in total. The van der Waals surface area contributed by atoms with Crippen molar-refractivity contribution < 1.29 is 4.79 Å². The van der Waals surface area contributed by atoms with Crippen LogP contribution in [-0.4, -0.2) is 36.5 Å². The number of nitrogens with one attached hydrogen (secondary N) is 1. The van der Waals surface area contributed by atoms with Crippen LogP contribution in [0.4, 0.5) is 0 Å². The van der Waals surface area contributed by atoms with Gasteiger partial charge in [0.2, 0.25) is 5.91 Å². The van der Waals surface area contributed by atoms with E-state index in [2.05, 4.69) is 64.8 Å². The molecule has 1 N–H and O–H groups in total. The van der Waals surface area contributed by atoms with Gasteiger partial charge in [-0.05, 0) is 30.4 Å². The fourth-order valence-corrected chi connectivity index (χ4v) is 4.43. The minimum atomic E-state index is 0.0683. The summed E-state index contributed by atoms with van der Waals surface area (Å²) in [7, 11) is 0. The number of likely N-dealkylation sites (tertiary alicyclic amines) is 1. The third-order valence-electron chi connectivity index (χ3n) is 5.73. The summed E-state index contributed by atoms with van der Waals surface area (Å²) < 4.78 is 0. The molecule has 2 aromatic carbocycles. The minimum absolute atomic E-state index is 0.0683. The molecule has 2 aliphatic rings. The van der Waals surface area contributed by atoms with Gasteiger partial charge >= 0.3 is 0 Å². The molecule has 0 unspecified atom stereocenters. The number of nitrogens with zero attached hydrogens (tertiary/aromatic N) is 1. The predicted octanol–water partition coefficient (Wildman–Crippen LogP) is 3.22. The molecule has 0 spiro atoms. The van der Waals surface area contributed by atoms with E-state index in [0.29, 0.717) is 17.9 Å². The van der Waals surface area contributed by atoms with Crippen molar-refractivity contribution in [3.8, 4) is 0 Å². The third kappa shape index (κ3) is 3.47. The zero-order valence-corrected chi connectivity index (χ0v) is 14.6. The van der Waals surface area contributed by atoms with Crippen LogP contribution in [0.3, 0.4) is 0 Å². The van der Waals surface area contributed by atoms with Gasteiger partial charge in [-0.15, -0.1) is 0 Å². The van der Waals surface area contributed by atoms with Gasteiger partial charge in [0, 0.05) is 31.6 Å². The fourth-order valence-electron chi connectivity index (χ4n) is 4.43.